The van der Waals surface area contributed by atoms with Crippen molar-refractivity contribution in [2.75, 3.05) is 0 Å². The van der Waals surface area contributed by atoms with E-state index in [1.165, 1.54) is 0 Å². The SMILES string of the molecule is O=C(NC1CCCC1)C(Cc1ccccc1)N1C(=O)c2ccccc2C1=O. The van der Waals surface area contributed by atoms with E-state index in [1.54, 1.807) is 24.3 Å². The van der Waals surface area contributed by atoms with Crippen molar-refractivity contribution in [2.24, 2.45) is 0 Å². The third-order valence-electron chi connectivity index (χ3n) is 5.41. The maximum Gasteiger partial charge on any atom is 0.262 e. The van der Waals surface area contributed by atoms with Gasteiger partial charge in [-0.1, -0.05) is 55.3 Å². The molecule has 1 aliphatic carbocycles. The van der Waals surface area contributed by atoms with Crippen molar-refractivity contribution >= 4 is 17.7 Å². The van der Waals surface area contributed by atoms with Gasteiger partial charge in [-0.3, -0.25) is 19.3 Å². The molecule has 1 aliphatic heterocycles. The van der Waals surface area contributed by atoms with E-state index in [2.05, 4.69) is 5.32 Å². The van der Waals surface area contributed by atoms with Gasteiger partial charge < -0.3 is 5.32 Å². The third kappa shape index (κ3) is 3.37. The van der Waals surface area contributed by atoms with Crippen LogP contribution in [0.3, 0.4) is 0 Å². The van der Waals surface area contributed by atoms with Gasteiger partial charge in [0.2, 0.25) is 5.91 Å². The summed E-state index contributed by atoms with van der Waals surface area (Å²) in [6.07, 6.45) is 4.41. The molecule has 0 radical (unpaired) electrons. The lowest BCUT2D eigenvalue weighted by atomic mass is 10.0. The Balaban J connectivity index is 1.64. The fourth-order valence-electron chi connectivity index (χ4n) is 4.00. The Morgan fingerprint density at radius 3 is 2.07 bits per heavy atom. The summed E-state index contributed by atoms with van der Waals surface area (Å²) in [5, 5.41) is 3.06. The summed E-state index contributed by atoms with van der Waals surface area (Å²) in [6, 6.07) is 15.5. The summed E-state index contributed by atoms with van der Waals surface area (Å²) >= 11 is 0. The van der Waals surface area contributed by atoms with Crippen LogP contribution in [0.1, 0.15) is 52.0 Å². The fraction of sp³-hybridized carbons (Fsp3) is 0.318. The Labute approximate surface area is 158 Å². The molecular formula is C22H22N2O3. The van der Waals surface area contributed by atoms with E-state index < -0.39 is 17.9 Å². The molecule has 1 heterocycles. The predicted molar refractivity (Wildman–Crippen MR) is 101 cm³/mol. The molecule has 1 atom stereocenters. The van der Waals surface area contributed by atoms with Gasteiger partial charge in [0.15, 0.2) is 0 Å². The molecule has 0 spiro atoms. The summed E-state index contributed by atoms with van der Waals surface area (Å²) in [4.78, 5) is 40.0. The molecule has 0 aromatic heterocycles. The summed E-state index contributed by atoms with van der Waals surface area (Å²) < 4.78 is 0. The zero-order valence-electron chi connectivity index (χ0n) is 15.1. The van der Waals surface area contributed by atoms with Crippen LogP contribution in [0.4, 0.5) is 0 Å². The molecule has 27 heavy (non-hydrogen) atoms. The van der Waals surface area contributed by atoms with Crippen LogP contribution >= 0.6 is 0 Å². The van der Waals surface area contributed by atoms with Crippen LogP contribution in [0.25, 0.3) is 0 Å². The molecule has 1 unspecified atom stereocenters. The van der Waals surface area contributed by atoms with Crippen LogP contribution in [0.5, 0.6) is 0 Å². The highest BCUT2D eigenvalue weighted by molar-refractivity contribution is 6.22. The van der Waals surface area contributed by atoms with Crippen LogP contribution in [-0.2, 0) is 11.2 Å². The van der Waals surface area contributed by atoms with Gasteiger partial charge >= 0.3 is 0 Å². The highest BCUT2D eigenvalue weighted by atomic mass is 16.2. The van der Waals surface area contributed by atoms with Crippen molar-refractivity contribution in [1.29, 1.82) is 0 Å². The molecule has 5 heteroatoms. The lowest BCUT2D eigenvalue weighted by molar-refractivity contribution is -0.125. The molecule has 1 saturated carbocycles. The minimum absolute atomic E-state index is 0.131. The van der Waals surface area contributed by atoms with Gasteiger partial charge in [0.25, 0.3) is 11.8 Å². The van der Waals surface area contributed by atoms with E-state index in [0.29, 0.717) is 17.5 Å². The van der Waals surface area contributed by atoms with Crippen molar-refractivity contribution in [2.45, 2.75) is 44.2 Å². The van der Waals surface area contributed by atoms with Crippen molar-refractivity contribution < 1.29 is 14.4 Å². The molecule has 2 aromatic carbocycles. The number of carbonyl (C=O) groups excluding carboxylic acids is 3. The zero-order chi connectivity index (χ0) is 18.8. The van der Waals surface area contributed by atoms with Crippen molar-refractivity contribution in [3.05, 3.63) is 71.3 Å². The van der Waals surface area contributed by atoms with Gasteiger partial charge in [-0.2, -0.15) is 0 Å². The van der Waals surface area contributed by atoms with Gasteiger partial charge in [-0.25, -0.2) is 0 Å². The van der Waals surface area contributed by atoms with E-state index >= 15 is 0 Å². The smallest absolute Gasteiger partial charge is 0.262 e. The largest absolute Gasteiger partial charge is 0.352 e. The number of hydrogen-bond donors (Lipinski definition) is 1. The second-order valence-electron chi connectivity index (χ2n) is 7.22. The average Bonchev–Trinajstić information content (AvgIpc) is 3.28. The van der Waals surface area contributed by atoms with E-state index in [0.717, 1.165) is 36.1 Å². The van der Waals surface area contributed by atoms with Gasteiger partial charge in [-0.05, 0) is 30.5 Å². The van der Waals surface area contributed by atoms with Gasteiger partial charge in [0, 0.05) is 12.5 Å². The highest BCUT2D eigenvalue weighted by Crippen LogP contribution is 2.26. The lowest BCUT2D eigenvalue weighted by Gasteiger charge is -2.27. The van der Waals surface area contributed by atoms with E-state index in [-0.39, 0.29) is 11.9 Å². The average molecular weight is 362 g/mol. The zero-order valence-corrected chi connectivity index (χ0v) is 15.1. The number of hydrogen-bond acceptors (Lipinski definition) is 3. The predicted octanol–water partition coefficient (Wildman–Crippen LogP) is 2.95. The summed E-state index contributed by atoms with van der Waals surface area (Å²) in [7, 11) is 0. The minimum atomic E-state index is -0.847. The number of benzene rings is 2. The van der Waals surface area contributed by atoms with Crippen molar-refractivity contribution in [3.8, 4) is 0 Å². The Morgan fingerprint density at radius 2 is 1.48 bits per heavy atom. The number of nitrogens with zero attached hydrogens (tertiary/aromatic N) is 1. The molecule has 0 saturated heterocycles. The maximum atomic E-state index is 13.1. The summed E-state index contributed by atoms with van der Waals surface area (Å²) in [6.45, 7) is 0. The van der Waals surface area contributed by atoms with Crippen LogP contribution in [-0.4, -0.2) is 34.7 Å². The number of nitrogens with one attached hydrogen (secondary N) is 1. The number of imide groups is 1. The third-order valence-corrected chi connectivity index (χ3v) is 5.41. The van der Waals surface area contributed by atoms with E-state index in [1.807, 2.05) is 30.3 Å². The molecule has 138 valence electrons. The Morgan fingerprint density at radius 1 is 0.926 bits per heavy atom. The molecule has 3 amide bonds. The summed E-state index contributed by atoms with van der Waals surface area (Å²) in [5.74, 6) is -1.03. The van der Waals surface area contributed by atoms with Crippen LogP contribution in [0.2, 0.25) is 0 Å². The molecule has 2 aromatic rings. The maximum absolute atomic E-state index is 13.1. The molecule has 0 bridgehead atoms. The number of rotatable bonds is 5. The van der Waals surface area contributed by atoms with Crippen LogP contribution in [0, 0.1) is 0 Å². The van der Waals surface area contributed by atoms with Gasteiger partial charge in [-0.15, -0.1) is 0 Å². The Kier molecular flexibility index (Phi) is 4.75. The van der Waals surface area contributed by atoms with Crippen molar-refractivity contribution in [1.82, 2.24) is 10.2 Å². The van der Waals surface area contributed by atoms with Gasteiger partial charge in [0.05, 0.1) is 11.1 Å². The number of fused-ring (bicyclic) bond motifs is 1. The highest BCUT2D eigenvalue weighted by Gasteiger charge is 2.43. The second kappa shape index (κ2) is 7.35. The number of carbonyl (C=O) groups is 3. The monoisotopic (exact) mass is 362 g/mol. The first-order valence-electron chi connectivity index (χ1n) is 9.46. The topological polar surface area (TPSA) is 66.5 Å². The fourth-order valence-corrected chi connectivity index (χ4v) is 4.00. The molecule has 4 rings (SSSR count). The Bertz CT molecular complexity index is 837. The van der Waals surface area contributed by atoms with Crippen LogP contribution in [0.15, 0.2) is 54.6 Å². The van der Waals surface area contributed by atoms with E-state index in [4.69, 9.17) is 0 Å². The van der Waals surface area contributed by atoms with Crippen molar-refractivity contribution in [3.63, 3.8) is 0 Å². The second-order valence-corrected chi connectivity index (χ2v) is 7.22. The first kappa shape index (κ1) is 17.5. The summed E-state index contributed by atoms with van der Waals surface area (Å²) in [5.41, 5.74) is 1.66. The lowest BCUT2D eigenvalue weighted by Crippen LogP contribution is -2.52. The first-order valence-corrected chi connectivity index (χ1v) is 9.46. The molecule has 5 nitrogen and oxygen atoms in total. The minimum Gasteiger partial charge on any atom is -0.352 e. The van der Waals surface area contributed by atoms with Gasteiger partial charge in [0.1, 0.15) is 6.04 Å². The first-order chi connectivity index (χ1) is 13.1. The Hall–Kier alpha value is -2.95. The van der Waals surface area contributed by atoms with Crippen LogP contribution < -0.4 is 5.32 Å². The molecule has 1 N–H and O–H groups in total. The number of amides is 3. The molecule has 1 fully saturated rings. The molecule has 2 aliphatic rings. The standard InChI is InChI=1S/C22H22N2O3/c25-20(23-16-10-4-5-11-16)19(14-15-8-2-1-3-9-15)24-21(26)17-12-6-7-13-18(17)22(24)27/h1-3,6-9,12-13,16,19H,4-5,10-11,14H2,(H,23,25). The normalized spacial score (nSPS) is 17.9. The van der Waals surface area contributed by atoms with E-state index in [9.17, 15) is 14.4 Å². The quantitative estimate of drug-likeness (QED) is 0.832. The molecular weight excluding hydrogens is 340 g/mol.